The molecule has 2 aliphatic heterocycles. The smallest absolute Gasteiger partial charge is 0.256 e. The van der Waals surface area contributed by atoms with Gasteiger partial charge in [-0.1, -0.05) is 18.2 Å². The average molecular weight is 345 g/mol. The summed E-state index contributed by atoms with van der Waals surface area (Å²) >= 11 is 0. The lowest BCUT2D eigenvalue weighted by atomic mass is 9.91. The maximum Gasteiger partial charge on any atom is 0.256 e. The van der Waals surface area contributed by atoms with Crippen LogP contribution in [0.5, 0.6) is 0 Å². The first-order valence-electron chi connectivity index (χ1n) is 8.98. The summed E-state index contributed by atoms with van der Waals surface area (Å²) in [4.78, 5) is 30.1. The molecular weight excluding hydrogens is 318 g/mol. The summed E-state index contributed by atoms with van der Waals surface area (Å²) in [5.41, 5.74) is 0.994. The van der Waals surface area contributed by atoms with E-state index in [1.54, 1.807) is 9.80 Å². The zero-order valence-electron chi connectivity index (χ0n) is 15.1. The summed E-state index contributed by atoms with van der Waals surface area (Å²) in [6.07, 6.45) is 1.08. The van der Waals surface area contributed by atoms with E-state index in [0.29, 0.717) is 32.5 Å². The first kappa shape index (κ1) is 17.7. The van der Waals surface area contributed by atoms with E-state index in [1.165, 1.54) is 18.2 Å². The molecule has 25 heavy (non-hydrogen) atoms. The Morgan fingerprint density at radius 1 is 1.04 bits per heavy atom. The quantitative estimate of drug-likeness (QED) is 0.869. The van der Waals surface area contributed by atoms with Crippen LogP contribution in [0.3, 0.4) is 0 Å². The van der Waals surface area contributed by atoms with Gasteiger partial charge < -0.3 is 19.8 Å². The molecule has 0 saturated carbocycles. The molecule has 2 fully saturated rings. The minimum absolute atomic E-state index is 0.0877. The van der Waals surface area contributed by atoms with E-state index < -0.39 is 5.60 Å². The molecule has 2 saturated heterocycles. The Morgan fingerprint density at radius 2 is 1.72 bits per heavy atom. The van der Waals surface area contributed by atoms with Gasteiger partial charge in [-0.2, -0.15) is 0 Å². The molecule has 6 nitrogen and oxygen atoms in total. The molecule has 6 heteroatoms. The molecule has 0 unspecified atom stereocenters. The normalized spacial score (nSPS) is 24.4. The van der Waals surface area contributed by atoms with Crippen LogP contribution in [-0.4, -0.2) is 71.6 Å². The lowest BCUT2D eigenvalue weighted by Gasteiger charge is -2.43. The topological polar surface area (TPSA) is 64.1 Å². The van der Waals surface area contributed by atoms with Crippen molar-refractivity contribution in [2.45, 2.75) is 32.3 Å². The van der Waals surface area contributed by atoms with Crippen molar-refractivity contribution < 1.29 is 14.7 Å². The Bertz CT molecular complexity index is 655. The molecule has 1 aromatic rings. The molecular formula is C19H27N3O3. The van der Waals surface area contributed by atoms with Gasteiger partial charge in [0.1, 0.15) is 0 Å². The highest BCUT2D eigenvalue weighted by Gasteiger charge is 2.44. The van der Waals surface area contributed by atoms with Crippen LogP contribution in [0.4, 0.5) is 5.69 Å². The summed E-state index contributed by atoms with van der Waals surface area (Å²) in [7, 11) is 0. The first-order chi connectivity index (χ1) is 11.9. The minimum atomic E-state index is -1.44. The van der Waals surface area contributed by atoms with E-state index in [1.807, 2.05) is 12.1 Å². The van der Waals surface area contributed by atoms with Gasteiger partial charge in [-0.25, -0.2) is 0 Å². The second-order valence-corrected chi connectivity index (χ2v) is 7.14. The second kappa shape index (κ2) is 7.04. The highest BCUT2D eigenvalue weighted by molar-refractivity contribution is 5.86. The van der Waals surface area contributed by atoms with E-state index in [-0.39, 0.29) is 18.4 Å². The number of β-amino-alcohol motifs (C(OH)–C–C–N with tert-alkyl or cyclic N) is 1. The molecule has 1 aromatic carbocycles. The first-order valence-corrected chi connectivity index (χ1v) is 8.98. The number of aryl methyl sites for hydroxylation is 1. The van der Waals surface area contributed by atoms with Gasteiger partial charge in [0.15, 0.2) is 5.60 Å². The predicted octanol–water partition coefficient (Wildman–Crippen LogP) is 1.02. The van der Waals surface area contributed by atoms with Gasteiger partial charge in [0.05, 0.1) is 6.54 Å². The Kier molecular flexibility index (Phi) is 4.99. The molecule has 0 aromatic heterocycles. The van der Waals surface area contributed by atoms with E-state index in [9.17, 15) is 14.7 Å². The number of amides is 2. The molecule has 1 N–H and O–H groups in total. The van der Waals surface area contributed by atoms with Gasteiger partial charge in [0, 0.05) is 45.3 Å². The van der Waals surface area contributed by atoms with Crippen LogP contribution in [0, 0.1) is 6.92 Å². The van der Waals surface area contributed by atoms with Gasteiger partial charge in [-0.3, -0.25) is 9.59 Å². The number of aliphatic hydroxyl groups is 1. The molecule has 0 aliphatic carbocycles. The van der Waals surface area contributed by atoms with E-state index in [4.69, 9.17) is 0 Å². The average Bonchev–Trinajstić information content (AvgIpc) is 2.62. The van der Waals surface area contributed by atoms with Crippen molar-refractivity contribution in [2.24, 2.45) is 0 Å². The molecule has 136 valence electrons. The number of hydrogen-bond donors (Lipinski definition) is 1. The number of piperidine rings is 1. The number of anilines is 1. The number of nitrogens with zero attached hydrogens (tertiary/aromatic N) is 3. The Hall–Kier alpha value is -2.08. The van der Waals surface area contributed by atoms with E-state index in [2.05, 4.69) is 24.0 Å². The molecule has 0 bridgehead atoms. The van der Waals surface area contributed by atoms with Crippen molar-refractivity contribution in [3.63, 3.8) is 0 Å². The third kappa shape index (κ3) is 3.63. The van der Waals surface area contributed by atoms with E-state index >= 15 is 0 Å². The van der Waals surface area contributed by atoms with E-state index in [0.717, 1.165) is 13.1 Å². The highest BCUT2D eigenvalue weighted by atomic mass is 16.3. The molecule has 2 amide bonds. The summed E-state index contributed by atoms with van der Waals surface area (Å²) in [6.45, 7) is 6.99. The fourth-order valence-corrected chi connectivity index (χ4v) is 3.84. The number of para-hydroxylation sites is 1. The van der Waals surface area contributed by atoms with Gasteiger partial charge in [-0.05, 0) is 31.4 Å². The fraction of sp³-hybridized carbons (Fsp3) is 0.579. The number of rotatable bonds is 2. The van der Waals surface area contributed by atoms with Gasteiger partial charge in [-0.15, -0.1) is 0 Å². The SMILES string of the molecule is CC(=O)N1CCC[C@](O)(C(=O)N2CCN(c3ccccc3C)CC2)C1. The lowest BCUT2D eigenvalue weighted by Crippen LogP contribution is -2.61. The number of piperazine rings is 1. The van der Waals surface area contributed by atoms with Gasteiger partial charge >= 0.3 is 0 Å². The lowest BCUT2D eigenvalue weighted by molar-refractivity contribution is -0.160. The fourth-order valence-electron chi connectivity index (χ4n) is 3.84. The van der Waals surface area contributed by atoms with Crippen molar-refractivity contribution in [2.75, 3.05) is 44.2 Å². The summed E-state index contributed by atoms with van der Waals surface area (Å²) < 4.78 is 0. The van der Waals surface area contributed by atoms with Crippen molar-refractivity contribution in [3.8, 4) is 0 Å². The standard InChI is InChI=1S/C19H27N3O3/c1-15-6-3-4-7-17(15)20-10-12-21(13-11-20)18(24)19(25)8-5-9-22(14-19)16(2)23/h3-4,6-7,25H,5,8-14H2,1-2H3/t19-/m1/s1. The van der Waals surface area contributed by atoms with Crippen LogP contribution in [-0.2, 0) is 9.59 Å². The third-order valence-corrected chi connectivity index (χ3v) is 5.34. The third-order valence-electron chi connectivity index (χ3n) is 5.34. The second-order valence-electron chi connectivity index (χ2n) is 7.14. The molecule has 2 heterocycles. The number of likely N-dealkylation sites (tertiary alicyclic amines) is 1. The Morgan fingerprint density at radius 3 is 2.36 bits per heavy atom. The maximum absolute atomic E-state index is 12.9. The van der Waals surface area contributed by atoms with Crippen LogP contribution < -0.4 is 4.90 Å². The van der Waals surface area contributed by atoms with Crippen LogP contribution in [0.25, 0.3) is 0 Å². The molecule has 2 aliphatic rings. The zero-order valence-corrected chi connectivity index (χ0v) is 15.1. The van der Waals surface area contributed by atoms with Crippen LogP contribution in [0.1, 0.15) is 25.3 Å². The van der Waals surface area contributed by atoms with Gasteiger partial charge in [0.25, 0.3) is 5.91 Å². The number of carbonyl (C=O) groups excluding carboxylic acids is 2. The Balaban J connectivity index is 1.63. The number of carbonyl (C=O) groups is 2. The van der Waals surface area contributed by atoms with Crippen molar-refractivity contribution in [3.05, 3.63) is 29.8 Å². The van der Waals surface area contributed by atoms with Crippen LogP contribution in [0.2, 0.25) is 0 Å². The highest BCUT2D eigenvalue weighted by Crippen LogP contribution is 2.26. The largest absolute Gasteiger partial charge is 0.378 e. The van der Waals surface area contributed by atoms with Crippen LogP contribution in [0.15, 0.2) is 24.3 Å². The number of benzene rings is 1. The summed E-state index contributed by atoms with van der Waals surface area (Å²) in [6, 6.07) is 8.25. The number of hydrogen-bond acceptors (Lipinski definition) is 4. The Labute approximate surface area is 149 Å². The maximum atomic E-state index is 12.9. The summed E-state index contributed by atoms with van der Waals surface area (Å²) in [5, 5.41) is 10.8. The van der Waals surface area contributed by atoms with Crippen molar-refractivity contribution >= 4 is 17.5 Å². The van der Waals surface area contributed by atoms with Crippen molar-refractivity contribution in [1.29, 1.82) is 0 Å². The zero-order chi connectivity index (χ0) is 18.0. The monoisotopic (exact) mass is 345 g/mol. The van der Waals surface area contributed by atoms with Crippen LogP contribution >= 0.6 is 0 Å². The summed E-state index contributed by atoms with van der Waals surface area (Å²) in [5.74, 6) is -0.321. The van der Waals surface area contributed by atoms with Gasteiger partial charge in [0.2, 0.25) is 5.91 Å². The predicted molar refractivity (Wildman–Crippen MR) is 96.4 cm³/mol. The minimum Gasteiger partial charge on any atom is -0.378 e. The molecule has 1 atom stereocenters. The molecule has 0 spiro atoms. The molecule has 0 radical (unpaired) electrons. The van der Waals surface area contributed by atoms with Crippen molar-refractivity contribution in [1.82, 2.24) is 9.80 Å². The molecule has 3 rings (SSSR count).